The largest absolute Gasteiger partial charge is 0.497 e. The fourth-order valence-corrected chi connectivity index (χ4v) is 2.68. The second kappa shape index (κ2) is 6.16. The van der Waals surface area contributed by atoms with Gasteiger partial charge in [0.25, 0.3) is 0 Å². The van der Waals surface area contributed by atoms with Crippen LogP contribution < -0.4 is 4.74 Å². The normalized spacial score (nSPS) is 11.6. The van der Waals surface area contributed by atoms with E-state index in [-0.39, 0.29) is 5.69 Å². The first-order valence-electron chi connectivity index (χ1n) is 7.31. The van der Waals surface area contributed by atoms with E-state index >= 15 is 0 Å². The van der Waals surface area contributed by atoms with Crippen LogP contribution in [0.2, 0.25) is 0 Å². The summed E-state index contributed by atoms with van der Waals surface area (Å²) in [6, 6.07) is 9.80. The third kappa shape index (κ3) is 3.05. The number of rotatable bonds is 3. The molecule has 0 spiro atoms. The van der Waals surface area contributed by atoms with Gasteiger partial charge in [0.1, 0.15) is 11.4 Å². The highest BCUT2D eigenvalue weighted by Gasteiger charge is 2.30. The minimum absolute atomic E-state index is 0.172. The molecule has 0 unspecified atom stereocenters. The third-order valence-electron chi connectivity index (χ3n) is 3.90. The van der Waals surface area contributed by atoms with Crippen LogP contribution in [0, 0.1) is 0 Å². The lowest BCUT2D eigenvalue weighted by Crippen LogP contribution is -2.05. The highest BCUT2D eigenvalue weighted by molar-refractivity contribution is 6.08. The van der Waals surface area contributed by atoms with Crippen molar-refractivity contribution in [1.82, 2.24) is 4.98 Å². The first kappa shape index (κ1) is 16.9. The topological polar surface area (TPSA) is 51.3 Å². The van der Waals surface area contributed by atoms with E-state index in [2.05, 4.69) is 4.98 Å². The van der Waals surface area contributed by atoms with Crippen LogP contribution in [-0.4, -0.2) is 25.2 Å². The van der Waals surface area contributed by atoms with Crippen LogP contribution in [0.5, 0.6) is 5.75 Å². The molecular weight excluding hydrogens is 335 g/mol. The number of alkyl halides is 3. The zero-order valence-electron chi connectivity index (χ0n) is 13.4. The summed E-state index contributed by atoms with van der Waals surface area (Å²) in [5, 5.41) is 0.681. The van der Waals surface area contributed by atoms with E-state index in [4.69, 9.17) is 9.47 Å². The number of carbonyl (C=O) groups excluding carboxylic acids is 1. The van der Waals surface area contributed by atoms with Gasteiger partial charge in [-0.05, 0) is 29.8 Å². The smallest absolute Gasteiger partial charge is 0.416 e. The number of nitrogens with one attached hydrogen (secondary N) is 1. The summed E-state index contributed by atoms with van der Waals surface area (Å²) in [6.45, 7) is 0. The van der Waals surface area contributed by atoms with Crippen LogP contribution in [0.3, 0.4) is 0 Å². The van der Waals surface area contributed by atoms with Gasteiger partial charge in [-0.3, -0.25) is 0 Å². The maximum Gasteiger partial charge on any atom is 0.416 e. The average Bonchev–Trinajstić information content (AvgIpc) is 2.98. The van der Waals surface area contributed by atoms with Gasteiger partial charge in [0.2, 0.25) is 0 Å². The van der Waals surface area contributed by atoms with E-state index in [9.17, 15) is 18.0 Å². The Hall–Kier alpha value is -2.96. The molecule has 7 heteroatoms. The molecule has 0 radical (unpaired) electrons. The van der Waals surface area contributed by atoms with Crippen molar-refractivity contribution in [3.05, 3.63) is 53.7 Å². The van der Waals surface area contributed by atoms with E-state index in [0.717, 1.165) is 12.1 Å². The minimum atomic E-state index is -4.42. The monoisotopic (exact) mass is 349 g/mol. The predicted octanol–water partition coefficient (Wildman–Crippen LogP) is 4.65. The number of carbonyl (C=O) groups is 1. The Kier molecular flexibility index (Phi) is 4.16. The maximum absolute atomic E-state index is 12.8. The van der Waals surface area contributed by atoms with Crippen molar-refractivity contribution in [2.24, 2.45) is 0 Å². The number of aromatic nitrogens is 1. The molecule has 0 saturated carbocycles. The number of methoxy groups -OCH3 is 2. The molecule has 0 aliphatic heterocycles. The van der Waals surface area contributed by atoms with Crippen molar-refractivity contribution in [1.29, 1.82) is 0 Å². The SMILES string of the molecule is COC(=O)c1[nH]c2cc(OC)ccc2c1-c1ccc(C(F)(F)F)cc1. The molecule has 130 valence electrons. The van der Waals surface area contributed by atoms with Gasteiger partial charge < -0.3 is 14.5 Å². The van der Waals surface area contributed by atoms with Crippen LogP contribution in [-0.2, 0) is 10.9 Å². The molecule has 0 fully saturated rings. The van der Waals surface area contributed by atoms with Crippen molar-refractivity contribution < 1.29 is 27.4 Å². The quantitative estimate of drug-likeness (QED) is 0.701. The molecule has 4 nitrogen and oxygen atoms in total. The third-order valence-corrected chi connectivity index (χ3v) is 3.90. The molecule has 3 rings (SSSR count). The summed E-state index contributed by atoms with van der Waals surface area (Å²) in [7, 11) is 2.76. The zero-order chi connectivity index (χ0) is 18.2. The van der Waals surface area contributed by atoms with Gasteiger partial charge in [-0.1, -0.05) is 12.1 Å². The van der Waals surface area contributed by atoms with Crippen molar-refractivity contribution >= 4 is 16.9 Å². The van der Waals surface area contributed by atoms with Gasteiger partial charge >= 0.3 is 12.1 Å². The first-order valence-corrected chi connectivity index (χ1v) is 7.31. The molecule has 0 saturated heterocycles. The van der Waals surface area contributed by atoms with Gasteiger partial charge in [0.05, 0.1) is 25.3 Å². The highest BCUT2D eigenvalue weighted by atomic mass is 19.4. The molecular formula is C18H14F3NO3. The van der Waals surface area contributed by atoms with Gasteiger partial charge in [-0.15, -0.1) is 0 Å². The lowest BCUT2D eigenvalue weighted by molar-refractivity contribution is -0.137. The molecule has 0 bridgehead atoms. The van der Waals surface area contributed by atoms with Crippen LogP contribution in [0.15, 0.2) is 42.5 Å². The van der Waals surface area contributed by atoms with Gasteiger partial charge in [0, 0.05) is 17.0 Å². The number of hydrogen-bond acceptors (Lipinski definition) is 3. The fraction of sp³-hybridized carbons (Fsp3) is 0.167. The van der Waals surface area contributed by atoms with Crippen LogP contribution >= 0.6 is 0 Å². The summed E-state index contributed by atoms with van der Waals surface area (Å²) in [6.07, 6.45) is -4.42. The van der Waals surface area contributed by atoms with Crippen molar-refractivity contribution in [3.63, 3.8) is 0 Å². The molecule has 0 atom stereocenters. The van der Waals surface area contributed by atoms with Gasteiger partial charge in [0.15, 0.2) is 0 Å². The molecule has 0 aliphatic carbocycles. The molecule has 25 heavy (non-hydrogen) atoms. The van der Waals surface area contributed by atoms with Crippen LogP contribution in [0.25, 0.3) is 22.0 Å². The Balaban J connectivity index is 2.21. The number of halogens is 3. The summed E-state index contributed by atoms with van der Waals surface area (Å²) >= 11 is 0. The summed E-state index contributed by atoms with van der Waals surface area (Å²) in [5.74, 6) is -0.0193. The summed E-state index contributed by atoms with van der Waals surface area (Å²) < 4.78 is 48.2. The molecule has 0 aliphatic rings. The predicted molar refractivity (Wildman–Crippen MR) is 86.6 cm³/mol. The number of ether oxygens (including phenoxy) is 2. The van der Waals surface area contributed by atoms with E-state index < -0.39 is 17.7 Å². The van der Waals surface area contributed by atoms with Crippen LogP contribution in [0.1, 0.15) is 16.1 Å². The van der Waals surface area contributed by atoms with Gasteiger partial charge in [-0.25, -0.2) is 4.79 Å². The standard InChI is InChI=1S/C18H14F3NO3/c1-24-12-7-8-13-14(9-12)22-16(17(23)25-2)15(13)10-3-5-11(6-4-10)18(19,20)21/h3-9,22H,1-2H3. The zero-order valence-corrected chi connectivity index (χ0v) is 13.4. The second-order valence-electron chi connectivity index (χ2n) is 5.35. The molecule has 2 aromatic carbocycles. The van der Waals surface area contributed by atoms with E-state index in [0.29, 0.717) is 27.8 Å². The summed E-state index contributed by atoms with van der Waals surface area (Å²) in [5.41, 5.74) is 1.00. The second-order valence-corrected chi connectivity index (χ2v) is 5.35. The number of aromatic amines is 1. The Morgan fingerprint density at radius 1 is 1.04 bits per heavy atom. The minimum Gasteiger partial charge on any atom is -0.497 e. The van der Waals surface area contributed by atoms with Gasteiger partial charge in [-0.2, -0.15) is 13.2 Å². The first-order chi connectivity index (χ1) is 11.8. The molecule has 3 aromatic rings. The number of benzene rings is 2. The van der Waals surface area contributed by atoms with Crippen LogP contribution in [0.4, 0.5) is 13.2 Å². The van der Waals surface area contributed by atoms with E-state index in [1.54, 1.807) is 18.2 Å². The lowest BCUT2D eigenvalue weighted by atomic mass is 10.00. The lowest BCUT2D eigenvalue weighted by Gasteiger charge is -2.08. The Morgan fingerprint density at radius 3 is 2.28 bits per heavy atom. The number of hydrogen-bond donors (Lipinski definition) is 1. The van der Waals surface area contributed by atoms with Crippen molar-refractivity contribution in [2.45, 2.75) is 6.18 Å². The fourth-order valence-electron chi connectivity index (χ4n) is 2.68. The number of fused-ring (bicyclic) bond motifs is 1. The number of esters is 1. The van der Waals surface area contributed by atoms with Crippen molar-refractivity contribution in [3.8, 4) is 16.9 Å². The molecule has 1 aromatic heterocycles. The molecule has 1 N–H and O–H groups in total. The Bertz CT molecular complexity index is 927. The van der Waals surface area contributed by atoms with E-state index in [1.165, 1.54) is 26.4 Å². The van der Waals surface area contributed by atoms with Crippen molar-refractivity contribution in [2.75, 3.05) is 14.2 Å². The maximum atomic E-state index is 12.8. The molecule has 0 amide bonds. The Morgan fingerprint density at radius 2 is 1.72 bits per heavy atom. The average molecular weight is 349 g/mol. The number of H-pyrrole nitrogens is 1. The van der Waals surface area contributed by atoms with E-state index in [1.807, 2.05) is 0 Å². The summed E-state index contributed by atoms with van der Waals surface area (Å²) in [4.78, 5) is 15.0. The Labute approximate surface area is 141 Å². The molecule has 1 heterocycles. The highest BCUT2D eigenvalue weighted by Crippen LogP contribution is 2.36.